The van der Waals surface area contributed by atoms with Crippen LogP contribution < -0.4 is 10.6 Å². The first-order valence-corrected chi connectivity index (χ1v) is 17.0. The van der Waals surface area contributed by atoms with Gasteiger partial charge in [-0.1, -0.05) is 97.4 Å². The van der Waals surface area contributed by atoms with E-state index < -0.39 is 59.2 Å². The fourth-order valence-electron chi connectivity index (χ4n) is 5.33. The molecule has 0 fully saturated rings. The minimum absolute atomic E-state index is 0.169. The average Bonchev–Trinajstić information content (AvgIpc) is 3.02. The molecule has 9 heteroatoms. The predicted octanol–water partition coefficient (Wildman–Crippen LogP) is 6.87. The van der Waals surface area contributed by atoms with Crippen LogP contribution in [0, 0.1) is 6.92 Å². The van der Waals surface area contributed by atoms with Gasteiger partial charge in [-0.05, 0) is 78.5 Å². The second kappa shape index (κ2) is 17.1. The summed E-state index contributed by atoms with van der Waals surface area (Å²) in [5.74, 6) is -1.58. The number of rotatable bonds is 13. The van der Waals surface area contributed by atoms with Crippen molar-refractivity contribution in [2.75, 3.05) is 0 Å². The molecule has 0 aliphatic rings. The summed E-state index contributed by atoms with van der Waals surface area (Å²) in [6.07, 6.45) is 0.139. The maximum Gasteiger partial charge on any atom is 0.408 e. The summed E-state index contributed by atoms with van der Waals surface area (Å²) >= 11 is 0. The second-order valence-electron chi connectivity index (χ2n) is 14.5. The van der Waals surface area contributed by atoms with Crippen molar-refractivity contribution in [2.24, 2.45) is 0 Å². The smallest absolute Gasteiger partial charge is 0.408 e. The summed E-state index contributed by atoms with van der Waals surface area (Å²) in [4.78, 5) is 57.7. The number of nitrogens with zero attached hydrogens (tertiary/aromatic N) is 1. The van der Waals surface area contributed by atoms with Crippen LogP contribution in [0.2, 0.25) is 0 Å². The number of nitrogens with one attached hydrogen (secondary N) is 2. The molecule has 0 aromatic heterocycles. The molecule has 0 heterocycles. The fourth-order valence-corrected chi connectivity index (χ4v) is 5.33. The van der Waals surface area contributed by atoms with Crippen LogP contribution in [-0.2, 0) is 36.7 Å². The van der Waals surface area contributed by atoms with E-state index in [1.54, 1.807) is 41.5 Å². The van der Waals surface area contributed by atoms with E-state index in [4.69, 9.17) is 9.47 Å². The van der Waals surface area contributed by atoms with Gasteiger partial charge in [0.15, 0.2) is 0 Å². The highest BCUT2D eigenvalue weighted by Gasteiger charge is 2.40. The van der Waals surface area contributed by atoms with Gasteiger partial charge >= 0.3 is 12.1 Å². The molecule has 0 aliphatic heterocycles. The first-order chi connectivity index (χ1) is 23.0. The molecule has 49 heavy (non-hydrogen) atoms. The zero-order chi connectivity index (χ0) is 36.4. The zero-order valence-corrected chi connectivity index (χ0v) is 30.4. The molecule has 3 aromatic carbocycles. The molecule has 0 saturated carbocycles. The third kappa shape index (κ3) is 12.4. The molecule has 2 N–H and O–H groups in total. The highest BCUT2D eigenvalue weighted by Crippen LogP contribution is 2.28. The Morgan fingerprint density at radius 3 is 1.65 bits per heavy atom. The molecular formula is C40H53N3O6. The van der Waals surface area contributed by atoms with E-state index in [9.17, 15) is 19.2 Å². The van der Waals surface area contributed by atoms with Gasteiger partial charge in [0.1, 0.15) is 29.3 Å². The van der Waals surface area contributed by atoms with Gasteiger partial charge < -0.3 is 25.0 Å². The minimum atomic E-state index is -1.14. The van der Waals surface area contributed by atoms with Gasteiger partial charge in [0.25, 0.3) is 0 Å². The standard InChI is InChI=1S/C40H53N3O6/c1-10-28(3)43(36(45)32(25-29-17-13-11-14-18-29)42-38(47)49-40(7,8)9)34(31-23-21-27(2)22-24-31)35(44)41-33(37(46)48-39(4,5)6)26-30-19-15-12-16-20-30/h11-24,28,32-34H,10,25-26H2,1-9H3,(H,41,44)(H,42,47). The Bertz CT molecular complexity index is 1530. The van der Waals surface area contributed by atoms with Crippen LogP contribution in [0.15, 0.2) is 84.9 Å². The molecule has 0 saturated heterocycles. The Labute approximate surface area is 291 Å². The number of carbonyl (C=O) groups excluding carboxylic acids is 4. The lowest BCUT2D eigenvalue weighted by Crippen LogP contribution is -2.57. The third-order valence-electron chi connectivity index (χ3n) is 7.80. The molecular weight excluding hydrogens is 618 g/mol. The molecule has 9 nitrogen and oxygen atoms in total. The van der Waals surface area contributed by atoms with Crippen molar-refractivity contribution >= 4 is 23.9 Å². The first kappa shape index (κ1) is 38.8. The number of aryl methyl sites for hydroxylation is 1. The Balaban J connectivity index is 2.11. The van der Waals surface area contributed by atoms with Crippen molar-refractivity contribution in [3.05, 3.63) is 107 Å². The summed E-state index contributed by atoms with van der Waals surface area (Å²) < 4.78 is 11.3. The maximum absolute atomic E-state index is 14.8. The van der Waals surface area contributed by atoms with Gasteiger partial charge in [0, 0.05) is 18.9 Å². The SMILES string of the molecule is CCC(C)N(C(=O)C(Cc1ccccc1)NC(=O)OC(C)(C)C)C(C(=O)NC(Cc1ccccc1)C(=O)OC(C)(C)C)c1ccc(C)cc1. The normalized spacial score (nSPS) is 14.1. The quantitative estimate of drug-likeness (QED) is 0.192. The van der Waals surface area contributed by atoms with Gasteiger partial charge in [0.05, 0.1) is 0 Å². The Hall–Kier alpha value is -4.66. The molecule has 0 aliphatic carbocycles. The van der Waals surface area contributed by atoms with Crippen molar-refractivity contribution in [2.45, 2.75) is 117 Å². The summed E-state index contributed by atoms with van der Waals surface area (Å²) in [7, 11) is 0. The number of hydrogen-bond donors (Lipinski definition) is 2. The topological polar surface area (TPSA) is 114 Å². The number of hydrogen-bond acceptors (Lipinski definition) is 6. The third-order valence-corrected chi connectivity index (χ3v) is 7.80. The van der Waals surface area contributed by atoms with Gasteiger partial charge in [-0.3, -0.25) is 9.59 Å². The van der Waals surface area contributed by atoms with Gasteiger partial charge in [-0.2, -0.15) is 0 Å². The van der Waals surface area contributed by atoms with Crippen molar-refractivity contribution in [1.29, 1.82) is 0 Å². The van der Waals surface area contributed by atoms with Gasteiger partial charge in [-0.15, -0.1) is 0 Å². The van der Waals surface area contributed by atoms with Gasteiger partial charge in [-0.25, -0.2) is 9.59 Å². The molecule has 4 unspecified atom stereocenters. The summed E-state index contributed by atoms with van der Waals surface area (Å²) in [6, 6.07) is 22.5. The van der Waals surface area contributed by atoms with E-state index in [1.165, 1.54) is 4.90 Å². The Kier molecular flexibility index (Phi) is 13.6. The highest BCUT2D eigenvalue weighted by atomic mass is 16.6. The summed E-state index contributed by atoms with van der Waals surface area (Å²) in [6.45, 7) is 16.3. The monoisotopic (exact) mass is 671 g/mol. The first-order valence-electron chi connectivity index (χ1n) is 17.0. The number of amides is 3. The molecule has 3 amide bonds. The molecule has 0 radical (unpaired) electrons. The number of alkyl carbamates (subject to hydrolysis) is 1. The van der Waals surface area contributed by atoms with Gasteiger partial charge in [0.2, 0.25) is 11.8 Å². The minimum Gasteiger partial charge on any atom is -0.458 e. The van der Waals surface area contributed by atoms with Crippen LogP contribution in [0.5, 0.6) is 0 Å². The number of ether oxygens (including phenoxy) is 2. The largest absolute Gasteiger partial charge is 0.458 e. The van der Waals surface area contributed by atoms with Crippen LogP contribution in [-0.4, -0.2) is 58.1 Å². The summed E-state index contributed by atoms with van der Waals surface area (Å²) in [5.41, 5.74) is 1.63. The molecule has 0 bridgehead atoms. The summed E-state index contributed by atoms with van der Waals surface area (Å²) in [5, 5.41) is 5.75. The number of carbonyl (C=O) groups is 4. The average molecular weight is 672 g/mol. The second-order valence-corrected chi connectivity index (χ2v) is 14.5. The fraction of sp³-hybridized carbons (Fsp3) is 0.450. The lowest BCUT2D eigenvalue weighted by molar-refractivity contribution is -0.159. The number of benzene rings is 3. The Morgan fingerprint density at radius 2 is 1.18 bits per heavy atom. The van der Waals surface area contributed by atoms with E-state index in [2.05, 4.69) is 10.6 Å². The van der Waals surface area contributed by atoms with Crippen molar-refractivity contribution in [3.63, 3.8) is 0 Å². The van der Waals surface area contributed by atoms with Crippen LogP contribution in [0.25, 0.3) is 0 Å². The zero-order valence-electron chi connectivity index (χ0n) is 30.4. The van der Waals surface area contributed by atoms with E-state index in [0.717, 1.165) is 16.7 Å². The maximum atomic E-state index is 14.8. The molecule has 3 rings (SSSR count). The molecule has 4 atom stereocenters. The molecule has 3 aromatic rings. The van der Waals surface area contributed by atoms with E-state index >= 15 is 0 Å². The van der Waals surface area contributed by atoms with E-state index in [-0.39, 0.29) is 12.8 Å². The highest BCUT2D eigenvalue weighted by molar-refractivity contribution is 5.94. The van der Waals surface area contributed by atoms with E-state index in [1.807, 2.05) is 106 Å². The van der Waals surface area contributed by atoms with Crippen LogP contribution in [0.1, 0.15) is 90.1 Å². The lowest BCUT2D eigenvalue weighted by Gasteiger charge is -2.39. The number of esters is 1. The van der Waals surface area contributed by atoms with E-state index in [0.29, 0.717) is 12.0 Å². The van der Waals surface area contributed by atoms with Crippen LogP contribution >= 0.6 is 0 Å². The lowest BCUT2D eigenvalue weighted by atomic mass is 9.96. The van der Waals surface area contributed by atoms with Crippen LogP contribution in [0.4, 0.5) is 4.79 Å². The molecule has 0 spiro atoms. The van der Waals surface area contributed by atoms with Crippen molar-refractivity contribution in [3.8, 4) is 0 Å². The molecule has 264 valence electrons. The predicted molar refractivity (Wildman–Crippen MR) is 192 cm³/mol. The Morgan fingerprint density at radius 1 is 0.694 bits per heavy atom. The van der Waals surface area contributed by atoms with Crippen molar-refractivity contribution in [1.82, 2.24) is 15.5 Å². The van der Waals surface area contributed by atoms with Crippen LogP contribution in [0.3, 0.4) is 0 Å². The van der Waals surface area contributed by atoms with Crippen molar-refractivity contribution < 1.29 is 28.7 Å².